The van der Waals surface area contributed by atoms with Gasteiger partial charge < -0.3 is 42.3 Å². The van der Waals surface area contributed by atoms with Crippen LogP contribution in [0.25, 0.3) is 0 Å². The van der Waals surface area contributed by atoms with Gasteiger partial charge in [-0.3, -0.25) is 24.0 Å². The minimum absolute atomic E-state index is 0.0734. The average Bonchev–Trinajstić information content (AvgIpc) is 3.21. The number of aliphatic carboxylic acids is 3. The zero-order valence-corrected chi connectivity index (χ0v) is 18.1. The first kappa shape index (κ1) is 27.8. The molecule has 3 amide bonds. The molecule has 0 spiro atoms. The number of nitrogens with two attached hydrogens (primary N) is 2. The number of hydrogen-bond donors (Lipinski definition) is 7. The quantitative estimate of drug-likeness (QED) is 0.129. The number of hydrogen-bond acceptors (Lipinski definition) is 8. The number of carbonyl (C=O) groups is 6. The van der Waals surface area contributed by atoms with E-state index < -0.39 is 72.6 Å². The van der Waals surface area contributed by atoms with E-state index in [9.17, 15) is 39.0 Å². The van der Waals surface area contributed by atoms with Gasteiger partial charge in [-0.1, -0.05) is 0 Å². The standard InChI is InChI=1S/C19H31N5O9/c20-6-2-1-4-11(22-16(29)10(21)8-14(25)26)17(30)23-12(9-15(27)28)18(31)24-7-3-5-13(24)19(32)33/h10-13H,1-9,20-21H2,(H,22,29)(H,23,30)(H,25,26)(H,27,28)(H,32,33). The smallest absolute Gasteiger partial charge is 0.326 e. The SMILES string of the molecule is NCCCCC(NC(=O)C(N)CC(=O)O)C(=O)NC(CC(=O)O)C(=O)N1CCCC1C(=O)O. The van der Waals surface area contributed by atoms with Gasteiger partial charge in [0.1, 0.15) is 18.1 Å². The van der Waals surface area contributed by atoms with Gasteiger partial charge in [-0.15, -0.1) is 0 Å². The lowest BCUT2D eigenvalue weighted by Crippen LogP contribution is -2.57. The molecule has 0 aromatic heterocycles. The Bertz CT molecular complexity index is 760. The van der Waals surface area contributed by atoms with E-state index in [2.05, 4.69) is 10.6 Å². The van der Waals surface area contributed by atoms with Crippen molar-refractivity contribution in [2.75, 3.05) is 13.1 Å². The summed E-state index contributed by atoms with van der Waals surface area (Å²) >= 11 is 0. The summed E-state index contributed by atoms with van der Waals surface area (Å²) < 4.78 is 0. The second-order valence-corrected chi connectivity index (χ2v) is 7.74. The van der Waals surface area contributed by atoms with Crippen LogP contribution < -0.4 is 22.1 Å². The topological polar surface area (TPSA) is 242 Å². The van der Waals surface area contributed by atoms with Crippen LogP contribution in [0.1, 0.15) is 44.9 Å². The summed E-state index contributed by atoms with van der Waals surface area (Å²) in [6.45, 7) is 0.412. The molecule has 14 nitrogen and oxygen atoms in total. The number of rotatable bonds is 14. The maximum absolute atomic E-state index is 12.9. The van der Waals surface area contributed by atoms with E-state index in [0.717, 1.165) is 4.90 Å². The lowest BCUT2D eigenvalue weighted by molar-refractivity contribution is -0.150. The molecule has 14 heteroatoms. The van der Waals surface area contributed by atoms with Crippen LogP contribution in [-0.2, 0) is 28.8 Å². The number of carbonyl (C=O) groups excluding carboxylic acids is 3. The van der Waals surface area contributed by atoms with Crippen LogP contribution in [0.4, 0.5) is 0 Å². The predicted molar refractivity (Wildman–Crippen MR) is 112 cm³/mol. The molecule has 4 unspecified atom stereocenters. The van der Waals surface area contributed by atoms with E-state index in [-0.39, 0.29) is 19.4 Å². The molecule has 9 N–H and O–H groups in total. The predicted octanol–water partition coefficient (Wildman–Crippen LogP) is -2.56. The van der Waals surface area contributed by atoms with Crippen LogP contribution in [0.5, 0.6) is 0 Å². The van der Waals surface area contributed by atoms with Gasteiger partial charge in [0.2, 0.25) is 17.7 Å². The minimum atomic E-state index is -1.56. The molecule has 33 heavy (non-hydrogen) atoms. The van der Waals surface area contributed by atoms with Crippen LogP contribution in [0, 0.1) is 0 Å². The molecule has 186 valence electrons. The first-order valence-corrected chi connectivity index (χ1v) is 10.5. The maximum Gasteiger partial charge on any atom is 0.326 e. The molecule has 0 radical (unpaired) electrons. The van der Waals surface area contributed by atoms with Crippen LogP contribution in [0.15, 0.2) is 0 Å². The zero-order valence-electron chi connectivity index (χ0n) is 18.1. The Labute approximate surface area is 189 Å². The van der Waals surface area contributed by atoms with Gasteiger partial charge in [0.25, 0.3) is 0 Å². The molecule has 1 saturated heterocycles. The molecular formula is C19H31N5O9. The molecule has 1 fully saturated rings. The van der Waals surface area contributed by atoms with Gasteiger partial charge in [-0.25, -0.2) is 4.79 Å². The zero-order chi connectivity index (χ0) is 25.1. The van der Waals surface area contributed by atoms with Gasteiger partial charge in [-0.05, 0) is 38.6 Å². The summed E-state index contributed by atoms with van der Waals surface area (Å²) in [5, 5.41) is 31.9. The number of nitrogens with zero attached hydrogens (tertiary/aromatic N) is 1. The second kappa shape index (κ2) is 13.3. The van der Waals surface area contributed by atoms with Crippen molar-refractivity contribution < 1.29 is 44.1 Å². The van der Waals surface area contributed by atoms with Crippen LogP contribution >= 0.6 is 0 Å². The van der Waals surface area contributed by atoms with Gasteiger partial charge in [0, 0.05) is 6.54 Å². The molecule has 0 aromatic carbocycles. The molecule has 1 heterocycles. The van der Waals surface area contributed by atoms with E-state index in [1.54, 1.807) is 0 Å². The highest BCUT2D eigenvalue weighted by atomic mass is 16.4. The Balaban J connectivity index is 2.99. The van der Waals surface area contributed by atoms with Crippen LogP contribution in [0.2, 0.25) is 0 Å². The van der Waals surface area contributed by atoms with E-state index in [1.165, 1.54) is 0 Å². The molecule has 4 atom stereocenters. The number of nitrogens with one attached hydrogen (secondary N) is 2. The number of amides is 3. The third kappa shape index (κ3) is 9.02. The highest BCUT2D eigenvalue weighted by Gasteiger charge is 2.39. The molecule has 0 saturated carbocycles. The molecule has 0 aromatic rings. The summed E-state index contributed by atoms with van der Waals surface area (Å²) in [4.78, 5) is 72.4. The summed E-state index contributed by atoms with van der Waals surface area (Å²) in [6, 6.07) is -5.34. The maximum atomic E-state index is 12.9. The van der Waals surface area contributed by atoms with Crippen molar-refractivity contribution in [1.29, 1.82) is 0 Å². The van der Waals surface area contributed by atoms with Crippen molar-refractivity contribution in [3.63, 3.8) is 0 Å². The van der Waals surface area contributed by atoms with Gasteiger partial charge in [-0.2, -0.15) is 0 Å². The first-order valence-electron chi connectivity index (χ1n) is 10.5. The second-order valence-electron chi connectivity index (χ2n) is 7.74. The molecule has 1 rings (SSSR count). The Kier molecular flexibility index (Phi) is 11.2. The number of unbranched alkanes of at least 4 members (excludes halogenated alkanes) is 1. The third-order valence-corrected chi connectivity index (χ3v) is 5.13. The summed E-state index contributed by atoms with van der Waals surface area (Å²) in [5.74, 6) is -6.59. The Hall–Kier alpha value is -3.26. The molecule has 0 bridgehead atoms. The lowest BCUT2D eigenvalue weighted by atomic mass is 10.1. The summed E-state index contributed by atoms with van der Waals surface area (Å²) in [7, 11) is 0. The van der Waals surface area contributed by atoms with Crippen LogP contribution in [0.3, 0.4) is 0 Å². The fourth-order valence-corrected chi connectivity index (χ4v) is 3.46. The Morgan fingerprint density at radius 2 is 1.52 bits per heavy atom. The molecule has 1 aliphatic heterocycles. The minimum Gasteiger partial charge on any atom is -0.481 e. The van der Waals surface area contributed by atoms with Crippen molar-refractivity contribution in [2.24, 2.45) is 11.5 Å². The molecular weight excluding hydrogens is 442 g/mol. The van der Waals surface area contributed by atoms with Gasteiger partial charge in [0.05, 0.1) is 18.9 Å². The van der Waals surface area contributed by atoms with Crippen molar-refractivity contribution in [2.45, 2.75) is 69.1 Å². The van der Waals surface area contributed by atoms with Crippen LogP contribution in [-0.4, -0.2) is 93.1 Å². The largest absolute Gasteiger partial charge is 0.481 e. The Morgan fingerprint density at radius 3 is 2.06 bits per heavy atom. The van der Waals surface area contributed by atoms with E-state index in [0.29, 0.717) is 25.8 Å². The fraction of sp³-hybridized carbons (Fsp3) is 0.684. The number of likely N-dealkylation sites (tertiary alicyclic amines) is 1. The van der Waals surface area contributed by atoms with Crippen molar-refractivity contribution in [3.8, 4) is 0 Å². The van der Waals surface area contributed by atoms with Gasteiger partial charge >= 0.3 is 17.9 Å². The highest BCUT2D eigenvalue weighted by molar-refractivity contribution is 5.96. The highest BCUT2D eigenvalue weighted by Crippen LogP contribution is 2.19. The van der Waals surface area contributed by atoms with Crippen molar-refractivity contribution >= 4 is 35.6 Å². The van der Waals surface area contributed by atoms with Gasteiger partial charge in [0.15, 0.2) is 0 Å². The molecule has 1 aliphatic rings. The molecule has 0 aliphatic carbocycles. The number of carboxylic acid groups (broad SMARTS) is 3. The fourth-order valence-electron chi connectivity index (χ4n) is 3.46. The summed E-state index contributed by atoms with van der Waals surface area (Å²) in [6.07, 6.45) is 0.123. The first-order chi connectivity index (χ1) is 15.5. The monoisotopic (exact) mass is 473 g/mol. The Morgan fingerprint density at radius 1 is 0.909 bits per heavy atom. The lowest BCUT2D eigenvalue weighted by Gasteiger charge is -2.28. The third-order valence-electron chi connectivity index (χ3n) is 5.13. The van der Waals surface area contributed by atoms with Crippen molar-refractivity contribution in [3.05, 3.63) is 0 Å². The van der Waals surface area contributed by atoms with Crippen molar-refractivity contribution in [1.82, 2.24) is 15.5 Å². The van der Waals surface area contributed by atoms with E-state index in [1.807, 2.05) is 0 Å². The normalized spacial score (nSPS) is 18.1. The van der Waals surface area contributed by atoms with E-state index >= 15 is 0 Å². The summed E-state index contributed by atoms with van der Waals surface area (Å²) in [5.41, 5.74) is 11.0. The number of carboxylic acids is 3. The van der Waals surface area contributed by atoms with E-state index in [4.69, 9.17) is 16.6 Å². The average molecular weight is 473 g/mol.